The van der Waals surface area contributed by atoms with E-state index in [1.807, 2.05) is 4.90 Å². The first-order valence-electron chi connectivity index (χ1n) is 9.65. The van der Waals surface area contributed by atoms with Gasteiger partial charge >= 0.3 is 6.18 Å². The number of anilines is 1. The van der Waals surface area contributed by atoms with Crippen molar-refractivity contribution in [3.63, 3.8) is 0 Å². The molecule has 0 radical (unpaired) electrons. The summed E-state index contributed by atoms with van der Waals surface area (Å²) in [5.41, 5.74) is -0.144. The van der Waals surface area contributed by atoms with Gasteiger partial charge < -0.3 is 10.2 Å². The van der Waals surface area contributed by atoms with E-state index in [0.717, 1.165) is 24.3 Å². The maximum atomic E-state index is 12.7. The number of amides is 2. The van der Waals surface area contributed by atoms with Gasteiger partial charge in [0.2, 0.25) is 5.91 Å². The lowest BCUT2D eigenvalue weighted by molar-refractivity contribution is -0.137. The highest BCUT2D eigenvalue weighted by molar-refractivity contribution is 7.99. The maximum Gasteiger partial charge on any atom is 0.416 e. The monoisotopic (exact) mass is 473 g/mol. The number of hydrogen-bond acceptors (Lipinski definition) is 4. The van der Waals surface area contributed by atoms with E-state index in [1.165, 1.54) is 17.0 Å². The molecule has 0 atom stereocenters. The number of carbonyl (C=O) groups is 2. The Balaban J connectivity index is 1.46. The summed E-state index contributed by atoms with van der Waals surface area (Å²) >= 11 is 0.421. The smallest absolute Gasteiger partial charge is 0.336 e. The molecule has 0 bridgehead atoms. The van der Waals surface area contributed by atoms with Crippen LogP contribution in [0.15, 0.2) is 53.4 Å². The molecule has 1 fully saturated rings. The van der Waals surface area contributed by atoms with Crippen LogP contribution in [-0.2, 0) is 11.0 Å². The molecule has 1 aliphatic heterocycles. The standard InChI is InChI=1S/C21H20F5N3O2S/c22-20(23)32-17-7-5-16(6-8-17)27-18(30)13-28-9-11-29(12-10-28)19(31)14-1-3-15(4-2-14)21(24,25)26/h1-8,20H,9-13H2,(H,27,30). The fourth-order valence-electron chi connectivity index (χ4n) is 3.22. The first-order chi connectivity index (χ1) is 15.1. The lowest BCUT2D eigenvalue weighted by Gasteiger charge is -2.34. The lowest BCUT2D eigenvalue weighted by Crippen LogP contribution is -2.50. The topological polar surface area (TPSA) is 52.7 Å². The Hall–Kier alpha value is -2.66. The van der Waals surface area contributed by atoms with E-state index in [0.29, 0.717) is 48.5 Å². The second-order valence-electron chi connectivity index (χ2n) is 7.09. The van der Waals surface area contributed by atoms with Gasteiger partial charge in [-0.1, -0.05) is 11.8 Å². The fourth-order valence-corrected chi connectivity index (χ4v) is 3.72. The predicted molar refractivity (Wildman–Crippen MR) is 111 cm³/mol. The number of hydrogen-bond donors (Lipinski definition) is 1. The molecule has 11 heteroatoms. The van der Waals surface area contributed by atoms with E-state index >= 15 is 0 Å². The maximum absolute atomic E-state index is 12.7. The third kappa shape index (κ3) is 6.67. The summed E-state index contributed by atoms with van der Waals surface area (Å²) < 4.78 is 62.7. The Morgan fingerprint density at radius 2 is 1.53 bits per heavy atom. The Bertz CT molecular complexity index is 928. The Kier molecular flexibility index (Phi) is 7.73. The second-order valence-corrected chi connectivity index (χ2v) is 8.16. The van der Waals surface area contributed by atoms with E-state index in [9.17, 15) is 31.5 Å². The van der Waals surface area contributed by atoms with Crippen molar-refractivity contribution in [1.29, 1.82) is 0 Å². The molecule has 0 saturated carbocycles. The number of rotatable bonds is 6. The van der Waals surface area contributed by atoms with E-state index < -0.39 is 17.5 Å². The molecule has 0 aromatic heterocycles. The number of alkyl halides is 5. The van der Waals surface area contributed by atoms with Gasteiger partial charge in [0, 0.05) is 42.3 Å². The number of benzene rings is 2. The molecule has 0 spiro atoms. The third-order valence-corrected chi connectivity index (χ3v) is 5.57. The van der Waals surface area contributed by atoms with Crippen molar-refractivity contribution in [2.24, 2.45) is 0 Å². The molecule has 2 amide bonds. The highest BCUT2D eigenvalue weighted by atomic mass is 32.2. The van der Waals surface area contributed by atoms with Crippen molar-refractivity contribution in [1.82, 2.24) is 9.80 Å². The largest absolute Gasteiger partial charge is 0.416 e. The van der Waals surface area contributed by atoms with Crippen LogP contribution in [0.4, 0.5) is 27.6 Å². The van der Waals surface area contributed by atoms with Crippen LogP contribution in [-0.4, -0.2) is 60.1 Å². The number of halogens is 5. The van der Waals surface area contributed by atoms with Gasteiger partial charge in [-0.05, 0) is 48.5 Å². The van der Waals surface area contributed by atoms with Crippen LogP contribution in [0.2, 0.25) is 0 Å². The van der Waals surface area contributed by atoms with Gasteiger partial charge in [0.05, 0.1) is 12.1 Å². The summed E-state index contributed by atoms with van der Waals surface area (Å²) in [6.07, 6.45) is -4.46. The van der Waals surface area contributed by atoms with E-state index in [1.54, 1.807) is 12.1 Å². The van der Waals surface area contributed by atoms with E-state index in [-0.39, 0.29) is 23.9 Å². The number of thioether (sulfide) groups is 1. The fraction of sp³-hybridized carbons (Fsp3) is 0.333. The predicted octanol–water partition coefficient (Wildman–Crippen LogP) is 4.42. The molecule has 2 aromatic rings. The van der Waals surface area contributed by atoms with Gasteiger partial charge in [0.25, 0.3) is 11.7 Å². The van der Waals surface area contributed by atoms with Crippen molar-refractivity contribution in [2.75, 3.05) is 38.0 Å². The molecule has 1 N–H and O–H groups in total. The number of nitrogens with zero attached hydrogens (tertiary/aromatic N) is 2. The quantitative estimate of drug-likeness (QED) is 0.499. The SMILES string of the molecule is O=C(CN1CCN(C(=O)c2ccc(C(F)(F)F)cc2)CC1)Nc1ccc(SC(F)F)cc1. The van der Waals surface area contributed by atoms with Crippen molar-refractivity contribution < 1.29 is 31.5 Å². The normalized spacial score (nSPS) is 15.1. The summed E-state index contributed by atoms with van der Waals surface area (Å²) in [6, 6.07) is 10.2. The van der Waals surface area contributed by atoms with Crippen LogP contribution in [0.5, 0.6) is 0 Å². The van der Waals surface area contributed by atoms with Crippen LogP contribution in [0, 0.1) is 0 Å². The van der Waals surface area contributed by atoms with Gasteiger partial charge in [0.15, 0.2) is 0 Å². The molecule has 0 unspecified atom stereocenters. The molecule has 1 saturated heterocycles. The minimum Gasteiger partial charge on any atom is -0.336 e. The summed E-state index contributed by atoms with van der Waals surface area (Å²) in [5.74, 6) is -3.15. The first-order valence-corrected chi connectivity index (χ1v) is 10.5. The van der Waals surface area contributed by atoms with Gasteiger partial charge in [0.1, 0.15) is 0 Å². The Morgan fingerprint density at radius 3 is 2.06 bits per heavy atom. The number of carbonyl (C=O) groups excluding carboxylic acids is 2. The summed E-state index contributed by atoms with van der Waals surface area (Å²) in [4.78, 5) is 28.6. The Morgan fingerprint density at radius 1 is 0.938 bits per heavy atom. The average Bonchev–Trinajstić information content (AvgIpc) is 2.74. The molecule has 2 aromatic carbocycles. The first kappa shape index (κ1) is 24.0. The highest BCUT2D eigenvalue weighted by Gasteiger charge is 2.31. The minimum absolute atomic E-state index is 0.0931. The van der Waals surface area contributed by atoms with Crippen LogP contribution < -0.4 is 5.32 Å². The van der Waals surface area contributed by atoms with Crippen LogP contribution >= 0.6 is 11.8 Å². The molecule has 1 heterocycles. The summed E-state index contributed by atoms with van der Waals surface area (Å²) in [5, 5.41) is 2.70. The third-order valence-electron chi connectivity index (χ3n) is 4.85. The minimum atomic E-state index is -4.46. The molecule has 172 valence electrons. The lowest BCUT2D eigenvalue weighted by atomic mass is 10.1. The molecule has 5 nitrogen and oxygen atoms in total. The molecular formula is C21H20F5N3O2S. The second kappa shape index (κ2) is 10.3. The zero-order valence-electron chi connectivity index (χ0n) is 16.7. The van der Waals surface area contributed by atoms with E-state index in [2.05, 4.69) is 5.32 Å². The molecule has 32 heavy (non-hydrogen) atoms. The van der Waals surface area contributed by atoms with Crippen LogP contribution in [0.25, 0.3) is 0 Å². The van der Waals surface area contributed by atoms with Gasteiger partial charge in [-0.2, -0.15) is 22.0 Å². The van der Waals surface area contributed by atoms with Crippen LogP contribution in [0.3, 0.4) is 0 Å². The zero-order chi connectivity index (χ0) is 23.3. The molecular weight excluding hydrogens is 453 g/mol. The molecule has 0 aliphatic carbocycles. The number of piperazine rings is 1. The van der Waals surface area contributed by atoms with Crippen molar-refractivity contribution >= 4 is 29.3 Å². The van der Waals surface area contributed by atoms with E-state index in [4.69, 9.17) is 0 Å². The summed E-state index contributed by atoms with van der Waals surface area (Å²) in [6.45, 7) is 1.64. The number of nitrogens with one attached hydrogen (secondary N) is 1. The zero-order valence-corrected chi connectivity index (χ0v) is 17.6. The van der Waals surface area contributed by atoms with Gasteiger partial charge in [-0.25, -0.2) is 0 Å². The average molecular weight is 473 g/mol. The van der Waals surface area contributed by atoms with Crippen LogP contribution in [0.1, 0.15) is 15.9 Å². The molecule has 1 aliphatic rings. The van der Waals surface area contributed by atoms with Crippen molar-refractivity contribution in [2.45, 2.75) is 16.8 Å². The van der Waals surface area contributed by atoms with Gasteiger partial charge in [-0.15, -0.1) is 0 Å². The van der Waals surface area contributed by atoms with Crippen molar-refractivity contribution in [3.8, 4) is 0 Å². The summed E-state index contributed by atoms with van der Waals surface area (Å²) in [7, 11) is 0. The Labute approximate surface area is 185 Å². The molecule has 3 rings (SSSR count). The van der Waals surface area contributed by atoms with Gasteiger partial charge in [-0.3, -0.25) is 14.5 Å². The van der Waals surface area contributed by atoms with Crippen molar-refractivity contribution in [3.05, 3.63) is 59.7 Å². The highest BCUT2D eigenvalue weighted by Crippen LogP contribution is 2.29.